The van der Waals surface area contributed by atoms with Crippen LogP contribution in [0.15, 0.2) is 48.5 Å². The van der Waals surface area contributed by atoms with Crippen molar-refractivity contribution in [3.8, 4) is 5.75 Å². The van der Waals surface area contributed by atoms with Crippen LogP contribution in [0.5, 0.6) is 5.75 Å². The minimum Gasteiger partial charge on any atom is -0.491 e. The SMILES string of the molecule is CN(Cc1cccc(OCCO)c1)CC1CCN(CCc2cccc(F)c2)CC1. The average molecular weight is 401 g/mol. The number of piperidine rings is 1. The molecule has 0 amide bonds. The summed E-state index contributed by atoms with van der Waals surface area (Å²) in [5.74, 6) is 1.39. The third-order valence-corrected chi connectivity index (χ3v) is 5.59. The molecule has 0 radical (unpaired) electrons. The molecule has 2 aromatic carbocycles. The molecular weight excluding hydrogens is 367 g/mol. The Balaban J connectivity index is 1.37. The first kappa shape index (κ1) is 21.8. The monoisotopic (exact) mass is 400 g/mol. The minimum atomic E-state index is -0.144. The van der Waals surface area contributed by atoms with Gasteiger partial charge in [-0.25, -0.2) is 4.39 Å². The molecule has 1 saturated heterocycles. The molecular formula is C24H33FN2O2. The van der Waals surface area contributed by atoms with Crippen LogP contribution in [0.2, 0.25) is 0 Å². The lowest BCUT2D eigenvalue weighted by Gasteiger charge is -2.34. The average Bonchev–Trinajstić information content (AvgIpc) is 2.72. The number of benzene rings is 2. The van der Waals surface area contributed by atoms with E-state index < -0.39 is 0 Å². The van der Waals surface area contributed by atoms with Gasteiger partial charge >= 0.3 is 0 Å². The van der Waals surface area contributed by atoms with E-state index in [1.165, 1.54) is 24.5 Å². The number of hydrogen-bond donors (Lipinski definition) is 1. The first-order valence-corrected chi connectivity index (χ1v) is 10.6. The quantitative estimate of drug-likeness (QED) is 0.661. The van der Waals surface area contributed by atoms with Crippen molar-refractivity contribution in [1.29, 1.82) is 0 Å². The first-order chi connectivity index (χ1) is 14.1. The molecule has 1 fully saturated rings. The van der Waals surface area contributed by atoms with Crippen molar-refractivity contribution >= 4 is 0 Å². The van der Waals surface area contributed by atoms with Crippen molar-refractivity contribution in [1.82, 2.24) is 9.80 Å². The summed E-state index contributed by atoms with van der Waals surface area (Å²) in [7, 11) is 2.18. The Morgan fingerprint density at radius 3 is 2.62 bits per heavy atom. The molecule has 0 aromatic heterocycles. The van der Waals surface area contributed by atoms with Crippen molar-refractivity contribution in [2.75, 3.05) is 46.4 Å². The number of halogens is 1. The molecule has 1 aliphatic rings. The van der Waals surface area contributed by atoms with Gasteiger partial charge in [-0.15, -0.1) is 0 Å². The number of ether oxygens (including phenoxy) is 1. The summed E-state index contributed by atoms with van der Waals surface area (Å²) in [6, 6.07) is 15.1. The van der Waals surface area contributed by atoms with E-state index >= 15 is 0 Å². The van der Waals surface area contributed by atoms with Gasteiger partial charge in [-0.2, -0.15) is 0 Å². The number of aliphatic hydroxyl groups is 1. The van der Waals surface area contributed by atoms with Gasteiger partial charge in [0.05, 0.1) is 6.61 Å². The highest BCUT2D eigenvalue weighted by Crippen LogP contribution is 2.20. The third kappa shape index (κ3) is 7.42. The van der Waals surface area contributed by atoms with Crippen molar-refractivity contribution in [3.05, 3.63) is 65.5 Å². The standard InChI is InChI=1S/C24H33FN2O2/c1-26(19-22-5-3-7-24(17-22)29-15-14-28)18-21-9-12-27(13-10-21)11-8-20-4-2-6-23(25)16-20/h2-7,16-17,21,28H,8-15,18-19H2,1H3. The molecule has 29 heavy (non-hydrogen) atoms. The van der Waals surface area contributed by atoms with Gasteiger partial charge in [-0.1, -0.05) is 24.3 Å². The van der Waals surface area contributed by atoms with Crippen LogP contribution in [0.3, 0.4) is 0 Å². The van der Waals surface area contributed by atoms with Crippen molar-refractivity contribution < 1.29 is 14.2 Å². The van der Waals surface area contributed by atoms with E-state index in [0.29, 0.717) is 6.61 Å². The fraction of sp³-hybridized carbons (Fsp3) is 0.500. The third-order valence-electron chi connectivity index (χ3n) is 5.59. The fourth-order valence-corrected chi connectivity index (χ4v) is 4.09. The number of aliphatic hydroxyl groups excluding tert-OH is 1. The largest absolute Gasteiger partial charge is 0.491 e. The van der Waals surface area contributed by atoms with Crippen LogP contribution in [0.1, 0.15) is 24.0 Å². The number of rotatable bonds is 10. The number of hydrogen-bond acceptors (Lipinski definition) is 4. The van der Waals surface area contributed by atoms with E-state index in [0.717, 1.165) is 56.4 Å². The molecule has 0 atom stereocenters. The van der Waals surface area contributed by atoms with Crippen LogP contribution in [-0.4, -0.2) is 61.3 Å². The van der Waals surface area contributed by atoms with Gasteiger partial charge < -0.3 is 19.6 Å². The minimum absolute atomic E-state index is 0.0328. The smallest absolute Gasteiger partial charge is 0.123 e. The summed E-state index contributed by atoms with van der Waals surface area (Å²) in [6.45, 7) is 5.61. The van der Waals surface area contributed by atoms with Crippen LogP contribution in [0, 0.1) is 11.7 Å². The summed E-state index contributed by atoms with van der Waals surface area (Å²) in [6.07, 6.45) is 3.34. The maximum Gasteiger partial charge on any atom is 0.123 e. The summed E-state index contributed by atoms with van der Waals surface area (Å²) < 4.78 is 18.8. The molecule has 4 nitrogen and oxygen atoms in total. The van der Waals surface area contributed by atoms with Gasteiger partial charge in [0.1, 0.15) is 18.2 Å². The molecule has 5 heteroatoms. The lowest BCUT2D eigenvalue weighted by molar-refractivity contribution is 0.153. The Bertz CT molecular complexity index is 747. The van der Waals surface area contributed by atoms with Crippen molar-refractivity contribution in [2.45, 2.75) is 25.8 Å². The van der Waals surface area contributed by atoms with Crippen molar-refractivity contribution in [2.24, 2.45) is 5.92 Å². The van der Waals surface area contributed by atoms with Crippen LogP contribution < -0.4 is 4.74 Å². The van der Waals surface area contributed by atoms with Crippen LogP contribution in [0.4, 0.5) is 4.39 Å². The molecule has 1 aliphatic heterocycles. The highest BCUT2D eigenvalue weighted by molar-refractivity contribution is 5.28. The Morgan fingerprint density at radius 2 is 1.86 bits per heavy atom. The van der Waals surface area contributed by atoms with Gasteiger partial charge in [0.2, 0.25) is 0 Å². The zero-order valence-electron chi connectivity index (χ0n) is 17.4. The number of likely N-dealkylation sites (tertiary alicyclic amines) is 1. The second-order valence-corrected chi connectivity index (χ2v) is 8.08. The summed E-state index contributed by atoms with van der Waals surface area (Å²) in [5.41, 5.74) is 2.31. The topological polar surface area (TPSA) is 35.9 Å². The first-order valence-electron chi connectivity index (χ1n) is 10.6. The van der Waals surface area contributed by atoms with Crippen molar-refractivity contribution in [3.63, 3.8) is 0 Å². The van der Waals surface area contributed by atoms with Gasteiger partial charge in [0.15, 0.2) is 0 Å². The van der Waals surface area contributed by atoms with E-state index in [9.17, 15) is 4.39 Å². The lowest BCUT2D eigenvalue weighted by Crippen LogP contribution is -2.38. The fourth-order valence-electron chi connectivity index (χ4n) is 4.09. The van der Waals surface area contributed by atoms with Crippen LogP contribution in [0.25, 0.3) is 0 Å². The van der Waals surface area contributed by atoms with E-state index in [1.807, 2.05) is 18.2 Å². The molecule has 0 spiro atoms. The maximum absolute atomic E-state index is 13.3. The normalized spacial score (nSPS) is 15.7. The lowest BCUT2D eigenvalue weighted by atomic mass is 9.95. The van der Waals surface area contributed by atoms with E-state index in [4.69, 9.17) is 9.84 Å². The van der Waals surface area contributed by atoms with Crippen LogP contribution >= 0.6 is 0 Å². The zero-order chi connectivity index (χ0) is 20.5. The second-order valence-electron chi connectivity index (χ2n) is 8.08. The Kier molecular flexibility index (Phi) is 8.47. The second kappa shape index (κ2) is 11.3. The summed E-state index contributed by atoms with van der Waals surface area (Å²) in [5, 5.41) is 8.89. The summed E-state index contributed by atoms with van der Waals surface area (Å²) >= 11 is 0. The Labute approximate surface area is 173 Å². The van der Waals surface area contributed by atoms with E-state index in [2.05, 4.69) is 29.0 Å². The predicted molar refractivity (Wildman–Crippen MR) is 115 cm³/mol. The predicted octanol–water partition coefficient (Wildman–Crippen LogP) is 3.58. The van der Waals surface area contributed by atoms with E-state index in [1.54, 1.807) is 12.1 Å². The van der Waals surface area contributed by atoms with Gasteiger partial charge in [-0.05, 0) is 80.7 Å². The molecule has 3 rings (SSSR count). The van der Waals surface area contributed by atoms with Crippen LogP contribution in [-0.2, 0) is 13.0 Å². The Hall–Kier alpha value is -1.95. The molecule has 158 valence electrons. The molecule has 1 N–H and O–H groups in total. The molecule has 0 unspecified atom stereocenters. The zero-order valence-corrected chi connectivity index (χ0v) is 17.4. The Morgan fingerprint density at radius 1 is 1.10 bits per heavy atom. The van der Waals surface area contributed by atoms with E-state index in [-0.39, 0.29) is 12.4 Å². The summed E-state index contributed by atoms with van der Waals surface area (Å²) in [4.78, 5) is 4.89. The molecule has 0 saturated carbocycles. The van der Waals surface area contributed by atoms with Gasteiger partial charge in [-0.3, -0.25) is 0 Å². The molecule has 1 heterocycles. The molecule has 0 aliphatic carbocycles. The maximum atomic E-state index is 13.3. The number of nitrogens with zero attached hydrogens (tertiary/aromatic N) is 2. The highest BCUT2D eigenvalue weighted by atomic mass is 19.1. The van der Waals surface area contributed by atoms with Gasteiger partial charge in [0.25, 0.3) is 0 Å². The molecule has 2 aromatic rings. The molecule has 0 bridgehead atoms. The van der Waals surface area contributed by atoms with Gasteiger partial charge in [0, 0.05) is 19.6 Å². The highest BCUT2D eigenvalue weighted by Gasteiger charge is 2.20.